The van der Waals surface area contributed by atoms with Crippen LogP contribution in [0.5, 0.6) is 5.88 Å². The molecule has 0 unspecified atom stereocenters. The van der Waals surface area contributed by atoms with E-state index in [4.69, 9.17) is 4.74 Å². The SMILES string of the molecule is Cc1cccc(C)c1-c1cc2nc(n1)NS(=O)(=O)c1cccc(c1)C(=O)N(Cc1ccc(N3CCC(F)CC3)nc1)[C@H](CC(C)C)CO2. The number of benzene rings is 2. The first-order chi connectivity index (χ1) is 23.0. The van der Waals surface area contributed by atoms with Gasteiger partial charge in [-0.2, -0.15) is 4.98 Å². The second-order valence-electron chi connectivity index (χ2n) is 13.0. The topological polar surface area (TPSA) is 118 Å². The lowest BCUT2D eigenvalue weighted by Crippen LogP contribution is -2.44. The molecule has 4 bridgehead atoms. The number of amides is 1. The van der Waals surface area contributed by atoms with E-state index in [-0.39, 0.29) is 47.3 Å². The fourth-order valence-corrected chi connectivity index (χ4v) is 7.37. The Hall–Kier alpha value is -4.58. The van der Waals surface area contributed by atoms with Crippen LogP contribution in [0.4, 0.5) is 16.2 Å². The number of anilines is 2. The first-order valence-corrected chi connectivity index (χ1v) is 17.8. The number of fused-ring (bicyclic) bond motifs is 4. The van der Waals surface area contributed by atoms with Gasteiger partial charge in [-0.25, -0.2) is 27.5 Å². The Kier molecular flexibility index (Phi) is 9.63. The van der Waals surface area contributed by atoms with Crippen molar-refractivity contribution in [2.75, 3.05) is 29.3 Å². The Morgan fingerprint density at radius 2 is 1.73 bits per heavy atom. The van der Waals surface area contributed by atoms with Gasteiger partial charge in [0.05, 0.1) is 16.6 Å². The van der Waals surface area contributed by atoms with Gasteiger partial charge in [0.25, 0.3) is 15.9 Å². The summed E-state index contributed by atoms with van der Waals surface area (Å²) in [6, 6.07) is 17.1. The number of pyridine rings is 1. The quantitative estimate of drug-likeness (QED) is 0.252. The minimum absolute atomic E-state index is 0.0837. The molecule has 6 rings (SSSR count). The zero-order valence-corrected chi connectivity index (χ0v) is 28.5. The van der Waals surface area contributed by atoms with E-state index >= 15 is 0 Å². The standard InChI is InChI=1S/C36H41FN6O4S/c1-23(2)17-29-22-47-33-19-31(34-24(3)7-5-8-25(34)4)39-36(40-33)41-48(45,46)30-10-6-9-27(18-30)35(44)43(29)21-26-11-12-32(38-20-26)42-15-13-28(37)14-16-42/h5-12,18-20,23,28-29H,13-17,21-22H2,1-4H3,(H,39,40,41)/t29-/m1/s1. The van der Waals surface area contributed by atoms with Crippen LogP contribution in [0, 0.1) is 19.8 Å². The molecule has 1 N–H and O–H groups in total. The van der Waals surface area contributed by atoms with Gasteiger partial charge < -0.3 is 14.5 Å². The van der Waals surface area contributed by atoms with E-state index in [1.165, 1.54) is 12.1 Å². The second kappa shape index (κ2) is 13.9. The Balaban J connectivity index is 1.40. The van der Waals surface area contributed by atoms with Gasteiger partial charge in [0.15, 0.2) is 0 Å². The van der Waals surface area contributed by atoms with Crippen molar-refractivity contribution in [2.45, 2.75) is 70.6 Å². The molecule has 2 aliphatic heterocycles. The summed E-state index contributed by atoms with van der Waals surface area (Å²) in [5, 5.41) is 0. The number of aromatic nitrogens is 3. The van der Waals surface area contributed by atoms with E-state index in [1.54, 1.807) is 29.3 Å². The van der Waals surface area contributed by atoms with Crippen molar-refractivity contribution >= 4 is 27.7 Å². The minimum Gasteiger partial charge on any atom is -0.475 e. The number of nitrogens with zero attached hydrogens (tertiary/aromatic N) is 5. The van der Waals surface area contributed by atoms with Crippen molar-refractivity contribution in [1.82, 2.24) is 19.9 Å². The lowest BCUT2D eigenvalue weighted by atomic mass is 10.00. The average Bonchev–Trinajstić information content (AvgIpc) is 3.05. The Labute approximate surface area is 281 Å². The van der Waals surface area contributed by atoms with Gasteiger partial charge in [-0.3, -0.25) is 4.79 Å². The third-order valence-corrected chi connectivity index (χ3v) is 10.2. The normalized spacial score (nSPS) is 18.4. The predicted octanol–water partition coefficient (Wildman–Crippen LogP) is 6.34. The molecule has 2 aliphatic rings. The molecule has 4 heterocycles. The molecule has 0 aliphatic carbocycles. The molecule has 2 aromatic carbocycles. The summed E-state index contributed by atoms with van der Waals surface area (Å²) in [7, 11) is -4.17. The van der Waals surface area contributed by atoms with Gasteiger partial charge in [0.1, 0.15) is 18.6 Å². The number of aryl methyl sites for hydroxylation is 2. The van der Waals surface area contributed by atoms with E-state index in [2.05, 4.69) is 38.4 Å². The number of carbonyl (C=O) groups is 1. The molecule has 252 valence electrons. The van der Waals surface area contributed by atoms with Crippen LogP contribution in [0.1, 0.15) is 60.2 Å². The maximum Gasteiger partial charge on any atom is 0.264 e. The van der Waals surface area contributed by atoms with E-state index in [0.29, 0.717) is 38.0 Å². The third kappa shape index (κ3) is 7.43. The van der Waals surface area contributed by atoms with Crippen molar-refractivity contribution in [2.24, 2.45) is 5.92 Å². The van der Waals surface area contributed by atoms with Crippen LogP contribution in [0.25, 0.3) is 11.3 Å². The Morgan fingerprint density at radius 1 is 1.00 bits per heavy atom. The lowest BCUT2D eigenvalue weighted by molar-refractivity contribution is 0.0553. The van der Waals surface area contributed by atoms with Crippen molar-refractivity contribution < 1.29 is 22.3 Å². The third-order valence-electron chi connectivity index (χ3n) is 8.84. The molecule has 1 amide bonds. The summed E-state index contributed by atoms with van der Waals surface area (Å²) in [5.74, 6) is 0.719. The molecule has 1 saturated heterocycles. The van der Waals surface area contributed by atoms with Gasteiger partial charge in [-0.1, -0.05) is 44.2 Å². The molecular formula is C36H41FN6O4S. The van der Waals surface area contributed by atoms with Crippen molar-refractivity contribution in [1.29, 1.82) is 0 Å². The first kappa shape index (κ1) is 33.3. The van der Waals surface area contributed by atoms with Crippen LogP contribution >= 0.6 is 0 Å². The molecule has 1 atom stereocenters. The number of halogens is 1. The van der Waals surface area contributed by atoms with Crippen LogP contribution in [-0.2, 0) is 16.6 Å². The van der Waals surface area contributed by atoms with Crippen LogP contribution < -0.4 is 14.4 Å². The highest BCUT2D eigenvalue weighted by Gasteiger charge is 2.30. The molecule has 0 spiro atoms. The van der Waals surface area contributed by atoms with Crippen LogP contribution in [0.2, 0.25) is 0 Å². The van der Waals surface area contributed by atoms with Crippen molar-refractivity contribution in [3.05, 3.63) is 89.1 Å². The highest BCUT2D eigenvalue weighted by Crippen LogP contribution is 2.31. The second-order valence-corrected chi connectivity index (χ2v) is 14.7. The molecular weight excluding hydrogens is 631 g/mol. The maximum absolute atomic E-state index is 14.3. The van der Waals surface area contributed by atoms with Gasteiger partial charge in [0.2, 0.25) is 11.8 Å². The first-order valence-electron chi connectivity index (χ1n) is 16.3. The Bertz CT molecular complexity index is 1870. The number of hydrogen-bond donors (Lipinski definition) is 1. The summed E-state index contributed by atoms with van der Waals surface area (Å²) < 4.78 is 49.8. The summed E-state index contributed by atoms with van der Waals surface area (Å²) in [5.41, 5.74) is 4.36. The largest absolute Gasteiger partial charge is 0.475 e. The molecule has 0 radical (unpaired) electrons. The number of carbonyl (C=O) groups excluding carboxylic acids is 1. The molecule has 12 heteroatoms. The average molecular weight is 673 g/mol. The van der Waals surface area contributed by atoms with E-state index in [0.717, 1.165) is 28.1 Å². The van der Waals surface area contributed by atoms with Crippen molar-refractivity contribution in [3.63, 3.8) is 0 Å². The number of piperidine rings is 1. The Morgan fingerprint density at radius 3 is 2.42 bits per heavy atom. The molecule has 48 heavy (non-hydrogen) atoms. The van der Waals surface area contributed by atoms with Gasteiger partial charge in [0, 0.05) is 43.0 Å². The number of alkyl halides is 1. The van der Waals surface area contributed by atoms with Crippen LogP contribution in [-0.4, -0.2) is 66.1 Å². The monoisotopic (exact) mass is 672 g/mol. The summed E-state index contributed by atoms with van der Waals surface area (Å²) in [4.78, 5) is 31.8. The fourth-order valence-electron chi connectivity index (χ4n) is 6.38. The number of ether oxygens (including phenoxy) is 1. The number of rotatable bonds is 6. The molecule has 4 aromatic rings. The molecule has 2 aromatic heterocycles. The van der Waals surface area contributed by atoms with E-state index in [9.17, 15) is 17.6 Å². The number of sulfonamides is 1. The predicted molar refractivity (Wildman–Crippen MR) is 183 cm³/mol. The lowest BCUT2D eigenvalue weighted by Gasteiger charge is -2.33. The fraction of sp³-hybridized carbons (Fsp3) is 0.389. The number of hydrogen-bond acceptors (Lipinski definition) is 8. The molecule has 0 saturated carbocycles. The molecule has 1 fully saturated rings. The van der Waals surface area contributed by atoms with E-state index < -0.39 is 22.2 Å². The number of nitrogens with one attached hydrogen (secondary N) is 1. The van der Waals surface area contributed by atoms with Crippen molar-refractivity contribution in [3.8, 4) is 17.1 Å². The highest BCUT2D eigenvalue weighted by molar-refractivity contribution is 7.92. The van der Waals surface area contributed by atoms with Crippen LogP contribution in [0.3, 0.4) is 0 Å². The summed E-state index contributed by atoms with van der Waals surface area (Å²) >= 11 is 0. The highest BCUT2D eigenvalue weighted by atomic mass is 32.2. The van der Waals surface area contributed by atoms with E-state index in [1.807, 2.05) is 44.2 Å². The van der Waals surface area contributed by atoms with Gasteiger partial charge >= 0.3 is 0 Å². The maximum atomic E-state index is 14.3. The zero-order valence-electron chi connectivity index (χ0n) is 27.7. The summed E-state index contributed by atoms with van der Waals surface area (Å²) in [6.45, 7) is 9.65. The van der Waals surface area contributed by atoms with Gasteiger partial charge in [-0.05, 0) is 80.0 Å². The molecule has 10 nitrogen and oxygen atoms in total. The zero-order chi connectivity index (χ0) is 34.0. The smallest absolute Gasteiger partial charge is 0.264 e. The minimum atomic E-state index is -4.17. The summed E-state index contributed by atoms with van der Waals surface area (Å²) in [6.07, 6.45) is 2.55. The van der Waals surface area contributed by atoms with Gasteiger partial charge in [-0.15, -0.1) is 0 Å². The van der Waals surface area contributed by atoms with Crippen LogP contribution in [0.15, 0.2) is 71.8 Å².